The molecule has 18 heavy (non-hydrogen) atoms. The average molecular weight is 250 g/mol. The average Bonchev–Trinajstić information content (AvgIpc) is 2.74. The van der Waals surface area contributed by atoms with Crippen molar-refractivity contribution in [2.45, 2.75) is 38.3 Å². The molecule has 0 saturated heterocycles. The van der Waals surface area contributed by atoms with Gasteiger partial charge in [-0.1, -0.05) is 18.2 Å². The standard InChI is InChI=1S/C15H23FN2/c1-11(14-5-3-4-6-15(14)16)18(2)10-12-7-8-13(17)9-12/h3-6,11-13H,7-10,17H2,1-2H3. The van der Waals surface area contributed by atoms with E-state index in [4.69, 9.17) is 5.73 Å². The quantitative estimate of drug-likeness (QED) is 0.890. The van der Waals surface area contributed by atoms with Gasteiger partial charge in [0.1, 0.15) is 5.82 Å². The predicted molar refractivity (Wildman–Crippen MR) is 72.8 cm³/mol. The summed E-state index contributed by atoms with van der Waals surface area (Å²) in [7, 11) is 2.07. The van der Waals surface area contributed by atoms with Gasteiger partial charge in [-0.3, -0.25) is 4.90 Å². The molecule has 3 heteroatoms. The van der Waals surface area contributed by atoms with Crippen LogP contribution < -0.4 is 5.73 Å². The van der Waals surface area contributed by atoms with Gasteiger partial charge in [0.2, 0.25) is 0 Å². The van der Waals surface area contributed by atoms with Crippen molar-refractivity contribution >= 4 is 0 Å². The monoisotopic (exact) mass is 250 g/mol. The van der Waals surface area contributed by atoms with Crippen LogP contribution >= 0.6 is 0 Å². The van der Waals surface area contributed by atoms with Crippen LogP contribution in [0.25, 0.3) is 0 Å². The van der Waals surface area contributed by atoms with Gasteiger partial charge >= 0.3 is 0 Å². The van der Waals surface area contributed by atoms with Crippen LogP contribution in [0.15, 0.2) is 24.3 Å². The van der Waals surface area contributed by atoms with Gasteiger partial charge in [-0.05, 0) is 45.2 Å². The lowest BCUT2D eigenvalue weighted by Gasteiger charge is -2.28. The molecule has 0 aliphatic heterocycles. The van der Waals surface area contributed by atoms with Gasteiger partial charge in [0.25, 0.3) is 0 Å². The van der Waals surface area contributed by atoms with E-state index in [1.807, 2.05) is 12.1 Å². The molecule has 0 heterocycles. The molecule has 2 N–H and O–H groups in total. The highest BCUT2D eigenvalue weighted by Crippen LogP contribution is 2.28. The summed E-state index contributed by atoms with van der Waals surface area (Å²) < 4.78 is 13.7. The second-order valence-corrected chi connectivity index (χ2v) is 5.58. The van der Waals surface area contributed by atoms with Crippen LogP contribution in [0.3, 0.4) is 0 Å². The fourth-order valence-electron chi connectivity index (χ4n) is 2.90. The summed E-state index contributed by atoms with van der Waals surface area (Å²) in [5, 5.41) is 0. The van der Waals surface area contributed by atoms with Crippen LogP contribution in [0.4, 0.5) is 4.39 Å². The topological polar surface area (TPSA) is 29.3 Å². The lowest BCUT2D eigenvalue weighted by molar-refractivity contribution is 0.216. The first-order chi connectivity index (χ1) is 8.58. The van der Waals surface area contributed by atoms with Crippen molar-refractivity contribution in [2.24, 2.45) is 11.7 Å². The van der Waals surface area contributed by atoms with Crippen LogP contribution in [0.5, 0.6) is 0 Å². The summed E-state index contributed by atoms with van der Waals surface area (Å²) >= 11 is 0. The van der Waals surface area contributed by atoms with Gasteiger partial charge < -0.3 is 5.73 Å². The SMILES string of the molecule is CC(c1ccccc1F)N(C)CC1CCC(N)C1. The van der Waals surface area contributed by atoms with Gasteiger partial charge in [-0.25, -0.2) is 4.39 Å². The van der Waals surface area contributed by atoms with E-state index < -0.39 is 0 Å². The number of rotatable bonds is 4. The van der Waals surface area contributed by atoms with Gasteiger partial charge in [-0.15, -0.1) is 0 Å². The van der Waals surface area contributed by atoms with E-state index in [-0.39, 0.29) is 11.9 Å². The van der Waals surface area contributed by atoms with Crippen molar-refractivity contribution in [1.82, 2.24) is 4.90 Å². The zero-order chi connectivity index (χ0) is 13.1. The number of hydrogen-bond donors (Lipinski definition) is 1. The van der Waals surface area contributed by atoms with E-state index in [1.165, 1.54) is 12.5 Å². The number of nitrogens with two attached hydrogens (primary N) is 1. The first kappa shape index (κ1) is 13.5. The molecule has 1 aliphatic rings. The zero-order valence-corrected chi connectivity index (χ0v) is 11.3. The number of hydrogen-bond acceptors (Lipinski definition) is 2. The molecule has 1 fully saturated rings. The van der Waals surface area contributed by atoms with Crippen LogP contribution in [0.1, 0.15) is 37.8 Å². The normalized spacial score (nSPS) is 25.6. The molecule has 0 amide bonds. The molecule has 3 unspecified atom stereocenters. The summed E-state index contributed by atoms with van der Waals surface area (Å²) in [4.78, 5) is 2.24. The Morgan fingerprint density at radius 2 is 2.11 bits per heavy atom. The number of nitrogens with zero attached hydrogens (tertiary/aromatic N) is 1. The molecule has 3 atom stereocenters. The van der Waals surface area contributed by atoms with Crippen molar-refractivity contribution in [3.63, 3.8) is 0 Å². The Labute approximate surface area is 109 Å². The highest BCUT2D eigenvalue weighted by Gasteiger charge is 2.25. The van der Waals surface area contributed by atoms with E-state index in [2.05, 4.69) is 18.9 Å². The molecule has 0 aromatic heterocycles. The summed E-state index contributed by atoms with van der Waals surface area (Å²) in [6.07, 6.45) is 3.44. The second kappa shape index (κ2) is 5.81. The van der Waals surface area contributed by atoms with Crippen molar-refractivity contribution in [3.05, 3.63) is 35.6 Å². The van der Waals surface area contributed by atoms with Gasteiger partial charge in [-0.2, -0.15) is 0 Å². The van der Waals surface area contributed by atoms with Crippen molar-refractivity contribution in [1.29, 1.82) is 0 Å². The Hall–Kier alpha value is -0.930. The molecule has 1 saturated carbocycles. The molecule has 100 valence electrons. The first-order valence-electron chi connectivity index (χ1n) is 6.78. The predicted octanol–water partition coefficient (Wildman–Crippen LogP) is 2.95. The van der Waals surface area contributed by atoms with Crippen LogP contribution in [-0.4, -0.2) is 24.5 Å². The van der Waals surface area contributed by atoms with Crippen molar-refractivity contribution in [2.75, 3.05) is 13.6 Å². The van der Waals surface area contributed by atoms with E-state index in [9.17, 15) is 4.39 Å². The number of halogens is 1. The lowest BCUT2D eigenvalue weighted by atomic mass is 10.0. The van der Waals surface area contributed by atoms with E-state index >= 15 is 0 Å². The number of benzene rings is 1. The third kappa shape index (κ3) is 3.09. The summed E-state index contributed by atoms with van der Waals surface area (Å²) in [6, 6.07) is 7.52. The van der Waals surface area contributed by atoms with E-state index in [0.717, 1.165) is 24.9 Å². The van der Waals surface area contributed by atoms with Crippen molar-refractivity contribution in [3.8, 4) is 0 Å². The molecular formula is C15H23FN2. The van der Waals surface area contributed by atoms with E-state index in [1.54, 1.807) is 6.07 Å². The Bertz CT molecular complexity index is 394. The molecule has 1 aromatic carbocycles. The summed E-state index contributed by atoms with van der Waals surface area (Å²) in [6.45, 7) is 3.07. The molecule has 1 aromatic rings. The van der Waals surface area contributed by atoms with Gasteiger partial charge in [0.15, 0.2) is 0 Å². The molecule has 0 bridgehead atoms. The highest BCUT2D eigenvalue weighted by molar-refractivity contribution is 5.20. The fraction of sp³-hybridized carbons (Fsp3) is 0.600. The third-order valence-electron chi connectivity index (χ3n) is 4.14. The largest absolute Gasteiger partial charge is 0.328 e. The maximum absolute atomic E-state index is 13.7. The summed E-state index contributed by atoms with van der Waals surface area (Å²) in [5.74, 6) is 0.555. The van der Waals surface area contributed by atoms with Crippen LogP contribution in [-0.2, 0) is 0 Å². The maximum atomic E-state index is 13.7. The molecule has 2 nitrogen and oxygen atoms in total. The molecular weight excluding hydrogens is 227 g/mol. The second-order valence-electron chi connectivity index (χ2n) is 5.58. The molecule has 0 radical (unpaired) electrons. The minimum absolute atomic E-state index is 0.111. The Morgan fingerprint density at radius 1 is 1.39 bits per heavy atom. The van der Waals surface area contributed by atoms with Crippen LogP contribution in [0.2, 0.25) is 0 Å². The maximum Gasteiger partial charge on any atom is 0.127 e. The molecule has 2 rings (SSSR count). The van der Waals surface area contributed by atoms with Crippen LogP contribution in [0, 0.1) is 11.7 Å². The zero-order valence-electron chi connectivity index (χ0n) is 11.3. The van der Waals surface area contributed by atoms with Gasteiger partial charge in [0.05, 0.1) is 0 Å². The smallest absolute Gasteiger partial charge is 0.127 e. The Kier molecular flexibility index (Phi) is 4.36. The molecule has 1 aliphatic carbocycles. The summed E-state index contributed by atoms with van der Waals surface area (Å²) in [5.41, 5.74) is 6.71. The highest BCUT2D eigenvalue weighted by atomic mass is 19.1. The third-order valence-corrected chi connectivity index (χ3v) is 4.14. The lowest BCUT2D eigenvalue weighted by Crippen LogP contribution is -2.29. The van der Waals surface area contributed by atoms with Gasteiger partial charge in [0, 0.05) is 24.2 Å². The fourth-order valence-corrected chi connectivity index (χ4v) is 2.90. The Morgan fingerprint density at radius 3 is 2.72 bits per heavy atom. The minimum Gasteiger partial charge on any atom is -0.328 e. The minimum atomic E-state index is -0.111. The Balaban J connectivity index is 1.96. The molecule has 0 spiro atoms. The van der Waals surface area contributed by atoms with Crippen molar-refractivity contribution < 1.29 is 4.39 Å². The van der Waals surface area contributed by atoms with E-state index in [0.29, 0.717) is 12.0 Å². The first-order valence-corrected chi connectivity index (χ1v) is 6.78.